The van der Waals surface area contributed by atoms with Gasteiger partial charge in [-0.25, -0.2) is 4.79 Å². The van der Waals surface area contributed by atoms with Crippen molar-refractivity contribution in [2.45, 2.75) is 38.1 Å². The third kappa shape index (κ3) is 4.03. The normalized spacial score (nSPS) is 21.7. The predicted octanol–water partition coefficient (Wildman–Crippen LogP) is 3.71. The number of likely N-dealkylation sites (tertiary alicyclic amines) is 1. The van der Waals surface area contributed by atoms with Gasteiger partial charge in [0, 0.05) is 19.1 Å². The molecule has 1 atom stereocenters. The minimum atomic E-state index is -4.45. The smallest absolute Gasteiger partial charge is 0.418 e. The highest BCUT2D eigenvalue weighted by atomic mass is 32.1. The average molecular weight is 387 g/mol. The van der Waals surface area contributed by atoms with E-state index in [4.69, 9.17) is 17.0 Å². The number of alkyl halides is 3. The second-order valence-corrected chi connectivity index (χ2v) is 6.93. The van der Waals surface area contributed by atoms with Gasteiger partial charge in [0.25, 0.3) is 0 Å². The van der Waals surface area contributed by atoms with Gasteiger partial charge in [-0.05, 0) is 44.1 Å². The van der Waals surface area contributed by atoms with Crippen LogP contribution in [-0.4, -0.2) is 52.8 Å². The van der Waals surface area contributed by atoms with Crippen LogP contribution >= 0.6 is 12.2 Å². The summed E-state index contributed by atoms with van der Waals surface area (Å²) in [5.41, 5.74) is -0.796. The highest BCUT2D eigenvalue weighted by Crippen LogP contribution is 2.34. The fraction of sp³-hybridized carbons (Fsp3) is 0.529. The molecule has 142 valence electrons. The zero-order valence-corrected chi connectivity index (χ0v) is 15.1. The van der Waals surface area contributed by atoms with Gasteiger partial charge in [-0.15, -0.1) is 0 Å². The Morgan fingerprint density at radius 3 is 2.50 bits per heavy atom. The maximum Gasteiger partial charge on any atom is 0.418 e. The Morgan fingerprint density at radius 2 is 1.92 bits per heavy atom. The van der Waals surface area contributed by atoms with Gasteiger partial charge in [0.1, 0.15) is 6.10 Å². The van der Waals surface area contributed by atoms with E-state index in [0.717, 1.165) is 6.07 Å². The molecule has 2 aliphatic rings. The van der Waals surface area contributed by atoms with E-state index in [2.05, 4.69) is 5.32 Å². The van der Waals surface area contributed by atoms with E-state index in [1.807, 2.05) is 11.8 Å². The first-order valence-corrected chi connectivity index (χ1v) is 8.86. The second kappa shape index (κ2) is 7.30. The van der Waals surface area contributed by atoms with Gasteiger partial charge in [-0.1, -0.05) is 12.1 Å². The van der Waals surface area contributed by atoms with Gasteiger partial charge >= 0.3 is 12.3 Å². The summed E-state index contributed by atoms with van der Waals surface area (Å²) < 4.78 is 44.4. The predicted molar refractivity (Wildman–Crippen MR) is 94.9 cm³/mol. The lowest BCUT2D eigenvalue weighted by molar-refractivity contribution is -0.136. The number of ether oxygens (including phenoxy) is 1. The molecule has 1 aromatic rings. The number of carbonyl (C=O) groups is 1. The molecule has 0 aliphatic carbocycles. The van der Waals surface area contributed by atoms with Crippen LogP contribution in [0.3, 0.4) is 0 Å². The standard InChI is InChI=1S/C17H20F3N3O2S/c1-11-10-23(16(24)25-11)12-6-8-22(9-7-12)15(26)21-14-5-3-2-4-13(14)17(18,19)20/h2-5,11-12H,6-10H2,1H3,(H,21,26). The number of piperidine rings is 1. The van der Waals surface area contributed by atoms with E-state index < -0.39 is 11.7 Å². The number of rotatable bonds is 2. The number of thiocarbonyl (C=S) groups is 1. The Labute approximate surface area is 155 Å². The first-order valence-electron chi connectivity index (χ1n) is 8.45. The Morgan fingerprint density at radius 1 is 1.27 bits per heavy atom. The molecule has 0 bridgehead atoms. The van der Waals surface area contributed by atoms with Gasteiger partial charge in [-0.3, -0.25) is 0 Å². The summed E-state index contributed by atoms with van der Waals surface area (Å²) in [6, 6.07) is 5.35. The van der Waals surface area contributed by atoms with Crippen molar-refractivity contribution in [2.24, 2.45) is 0 Å². The SMILES string of the molecule is CC1CN(C2CCN(C(=S)Nc3ccccc3C(F)(F)F)CC2)C(=O)O1. The molecule has 2 aliphatic heterocycles. The van der Waals surface area contributed by atoms with Gasteiger partial charge in [-0.2, -0.15) is 13.2 Å². The summed E-state index contributed by atoms with van der Waals surface area (Å²) in [7, 11) is 0. The number of halogens is 3. The number of nitrogens with zero attached hydrogens (tertiary/aromatic N) is 2. The monoisotopic (exact) mass is 387 g/mol. The highest BCUT2D eigenvalue weighted by molar-refractivity contribution is 7.80. The molecule has 0 radical (unpaired) electrons. The van der Waals surface area contributed by atoms with Crippen LogP contribution in [0.2, 0.25) is 0 Å². The average Bonchev–Trinajstić information content (AvgIpc) is 2.93. The first kappa shape index (κ1) is 18.8. The number of nitrogens with one attached hydrogen (secondary N) is 1. The van der Waals surface area contributed by atoms with E-state index >= 15 is 0 Å². The first-order chi connectivity index (χ1) is 12.3. The summed E-state index contributed by atoms with van der Waals surface area (Å²) in [5.74, 6) is 0. The number of carbonyl (C=O) groups excluding carboxylic acids is 1. The minimum absolute atomic E-state index is 0.0518. The lowest BCUT2D eigenvalue weighted by Gasteiger charge is -2.37. The van der Waals surface area contributed by atoms with Crippen LogP contribution in [0.5, 0.6) is 0 Å². The fourth-order valence-electron chi connectivity index (χ4n) is 3.34. The molecule has 9 heteroatoms. The quantitative estimate of drug-likeness (QED) is 0.784. The molecule has 26 heavy (non-hydrogen) atoms. The molecule has 0 saturated carbocycles. The maximum absolute atomic E-state index is 13.1. The summed E-state index contributed by atoms with van der Waals surface area (Å²) in [6.07, 6.45) is -3.45. The van der Waals surface area contributed by atoms with Crippen molar-refractivity contribution in [3.8, 4) is 0 Å². The summed E-state index contributed by atoms with van der Waals surface area (Å²) >= 11 is 5.30. The van der Waals surface area contributed by atoms with Crippen LogP contribution in [0.1, 0.15) is 25.3 Å². The van der Waals surface area contributed by atoms with Crippen LogP contribution < -0.4 is 5.32 Å². The van der Waals surface area contributed by atoms with E-state index in [0.29, 0.717) is 32.5 Å². The Balaban J connectivity index is 1.59. The van der Waals surface area contributed by atoms with Crippen molar-refractivity contribution >= 4 is 29.1 Å². The third-order valence-corrected chi connectivity index (χ3v) is 5.02. The number of anilines is 1. The molecule has 1 amide bonds. The van der Waals surface area contributed by atoms with E-state index in [1.54, 1.807) is 4.90 Å². The number of hydrogen-bond acceptors (Lipinski definition) is 3. The van der Waals surface area contributed by atoms with E-state index in [1.165, 1.54) is 18.2 Å². The molecule has 5 nitrogen and oxygen atoms in total. The number of cyclic esters (lactones) is 1. The minimum Gasteiger partial charge on any atom is -0.444 e. The summed E-state index contributed by atoms with van der Waals surface area (Å²) in [5, 5.41) is 2.98. The fourth-order valence-corrected chi connectivity index (χ4v) is 3.63. The lowest BCUT2D eigenvalue weighted by Crippen LogP contribution is -2.48. The molecule has 0 spiro atoms. The second-order valence-electron chi connectivity index (χ2n) is 6.54. The molecule has 1 unspecified atom stereocenters. The largest absolute Gasteiger partial charge is 0.444 e. The summed E-state index contributed by atoms with van der Waals surface area (Å²) in [4.78, 5) is 15.4. The summed E-state index contributed by atoms with van der Waals surface area (Å²) in [6.45, 7) is 3.57. The van der Waals surface area contributed by atoms with Crippen LogP contribution in [0, 0.1) is 0 Å². The van der Waals surface area contributed by atoms with Gasteiger partial charge in [0.05, 0.1) is 17.8 Å². The van der Waals surface area contributed by atoms with E-state index in [-0.39, 0.29) is 29.0 Å². The molecular weight excluding hydrogens is 367 g/mol. The van der Waals surface area contributed by atoms with Crippen molar-refractivity contribution < 1.29 is 22.7 Å². The lowest BCUT2D eigenvalue weighted by atomic mass is 10.0. The maximum atomic E-state index is 13.1. The number of hydrogen-bond donors (Lipinski definition) is 1. The van der Waals surface area contributed by atoms with Gasteiger partial charge in [0.15, 0.2) is 5.11 Å². The topological polar surface area (TPSA) is 44.8 Å². The van der Waals surface area contributed by atoms with Gasteiger partial charge in [0.2, 0.25) is 0 Å². The van der Waals surface area contributed by atoms with Gasteiger partial charge < -0.3 is 19.9 Å². The van der Waals surface area contributed by atoms with Crippen molar-refractivity contribution in [3.05, 3.63) is 29.8 Å². The third-order valence-electron chi connectivity index (χ3n) is 4.66. The number of benzene rings is 1. The van der Waals surface area contributed by atoms with Crippen molar-refractivity contribution in [3.63, 3.8) is 0 Å². The molecule has 1 N–H and O–H groups in total. The zero-order chi connectivity index (χ0) is 18.9. The highest BCUT2D eigenvalue weighted by Gasteiger charge is 2.36. The molecule has 2 heterocycles. The number of amides is 1. The van der Waals surface area contributed by atoms with Crippen LogP contribution in [0.15, 0.2) is 24.3 Å². The Hall–Kier alpha value is -2.03. The Kier molecular flexibility index (Phi) is 5.27. The molecule has 3 rings (SSSR count). The van der Waals surface area contributed by atoms with Crippen LogP contribution in [0.4, 0.5) is 23.7 Å². The van der Waals surface area contributed by atoms with Crippen molar-refractivity contribution in [1.82, 2.24) is 9.80 Å². The molecular formula is C17H20F3N3O2S. The van der Waals surface area contributed by atoms with E-state index in [9.17, 15) is 18.0 Å². The Bertz CT molecular complexity index is 690. The molecule has 0 aromatic heterocycles. The molecule has 2 saturated heterocycles. The van der Waals surface area contributed by atoms with Crippen molar-refractivity contribution in [1.29, 1.82) is 0 Å². The number of para-hydroxylation sites is 1. The van der Waals surface area contributed by atoms with Crippen molar-refractivity contribution in [2.75, 3.05) is 25.0 Å². The van der Waals surface area contributed by atoms with Crippen LogP contribution in [-0.2, 0) is 10.9 Å². The van der Waals surface area contributed by atoms with Crippen LogP contribution in [0.25, 0.3) is 0 Å². The molecule has 2 fully saturated rings. The molecule has 1 aromatic carbocycles. The zero-order valence-electron chi connectivity index (χ0n) is 14.3.